The molecule has 0 N–H and O–H groups in total. The van der Waals surface area contributed by atoms with Crippen LogP contribution in [0.4, 0.5) is 17.1 Å². The lowest BCUT2D eigenvalue weighted by atomic mass is 9.82. The molecule has 0 amide bonds. The molecule has 0 saturated heterocycles. The number of furan rings is 1. The first kappa shape index (κ1) is 31.2. The molecule has 0 unspecified atom stereocenters. The average molecular weight is 694 g/mol. The minimum atomic E-state index is -0.110. The van der Waals surface area contributed by atoms with Gasteiger partial charge in [0.05, 0.1) is 5.69 Å². The van der Waals surface area contributed by atoms with Gasteiger partial charge in [0.1, 0.15) is 11.2 Å². The van der Waals surface area contributed by atoms with Crippen LogP contribution < -0.4 is 4.90 Å². The van der Waals surface area contributed by atoms with Crippen LogP contribution in [-0.2, 0) is 10.8 Å². The van der Waals surface area contributed by atoms with Crippen molar-refractivity contribution in [3.8, 4) is 33.4 Å². The van der Waals surface area contributed by atoms with Gasteiger partial charge in [-0.05, 0) is 97.9 Å². The van der Waals surface area contributed by atoms with Crippen molar-refractivity contribution >= 4 is 49.8 Å². The van der Waals surface area contributed by atoms with E-state index in [0.29, 0.717) is 0 Å². The Morgan fingerprint density at radius 2 is 1.07 bits per heavy atom. The molecule has 2 heteroatoms. The largest absolute Gasteiger partial charge is 0.455 e. The Bertz CT molecular complexity index is 3000. The van der Waals surface area contributed by atoms with Gasteiger partial charge in [-0.15, -0.1) is 0 Å². The van der Waals surface area contributed by atoms with Crippen LogP contribution in [-0.4, -0.2) is 0 Å². The fraction of sp³-hybridized carbons (Fsp3) is 0.115. The van der Waals surface area contributed by atoms with Crippen molar-refractivity contribution in [2.45, 2.75) is 38.5 Å². The molecule has 8 aromatic carbocycles. The van der Waals surface area contributed by atoms with Crippen molar-refractivity contribution in [2.24, 2.45) is 0 Å². The van der Waals surface area contributed by atoms with Gasteiger partial charge in [-0.2, -0.15) is 0 Å². The normalized spacial score (nSPS) is 14.6. The van der Waals surface area contributed by atoms with E-state index in [4.69, 9.17) is 4.42 Å². The Morgan fingerprint density at radius 1 is 0.444 bits per heavy atom. The third-order valence-electron chi connectivity index (χ3n) is 12.5. The summed E-state index contributed by atoms with van der Waals surface area (Å²) in [6.07, 6.45) is 0. The van der Waals surface area contributed by atoms with Gasteiger partial charge >= 0.3 is 0 Å². The van der Waals surface area contributed by atoms with E-state index >= 15 is 0 Å². The summed E-state index contributed by atoms with van der Waals surface area (Å²) in [4.78, 5) is 2.49. The van der Waals surface area contributed by atoms with Gasteiger partial charge in [-0.1, -0.05) is 149 Å². The Kier molecular flexibility index (Phi) is 6.39. The molecule has 0 radical (unpaired) electrons. The minimum Gasteiger partial charge on any atom is -0.455 e. The van der Waals surface area contributed by atoms with Gasteiger partial charge < -0.3 is 9.32 Å². The third-order valence-corrected chi connectivity index (χ3v) is 12.5. The monoisotopic (exact) mass is 693 g/mol. The van der Waals surface area contributed by atoms with Crippen molar-refractivity contribution in [2.75, 3.05) is 4.90 Å². The maximum Gasteiger partial charge on any atom is 0.143 e. The summed E-state index contributed by atoms with van der Waals surface area (Å²) in [5.41, 5.74) is 18.2. The van der Waals surface area contributed by atoms with E-state index in [2.05, 4.69) is 190 Å². The molecule has 1 aromatic heterocycles. The van der Waals surface area contributed by atoms with Crippen LogP contribution in [0.15, 0.2) is 168 Å². The number of rotatable bonds is 4. The van der Waals surface area contributed by atoms with Crippen molar-refractivity contribution in [1.29, 1.82) is 0 Å². The minimum absolute atomic E-state index is 0.102. The first-order chi connectivity index (χ1) is 26.3. The van der Waals surface area contributed by atoms with Gasteiger partial charge in [0, 0.05) is 43.9 Å². The predicted molar refractivity (Wildman–Crippen MR) is 226 cm³/mol. The van der Waals surface area contributed by atoms with Crippen LogP contribution in [0.25, 0.3) is 66.1 Å². The van der Waals surface area contributed by atoms with Crippen LogP contribution in [0.5, 0.6) is 0 Å². The molecule has 0 aliphatic heterocycles. The second-order valence-corrected chi connectivity index (χ2v) is 16.1. The second-order valence-electron chi connectivity index (χ2n) is 16.1. The summed E-state index contributed by atoms with van der Waals surface area (Å²) in [5.74, 6) is 0. The van der Waals surface area contributed by atoms with Crippen LogP contribution in [0, 0.1) is 0 Å². The molecule has 1 heterocycles. The molecule has 0 atom stereocenters. The fourth-order valence-electron chi connectivity index (χ4n) is 9.76. The van der Waals surface area contributed by atoms with Gasteiger partial charge in [-0.25, -0.2) is 0 Å². The average Bonchev–Trinajstić information content (AvgIpc) is 3.78. The van der Waals surface area contributed by atoms with E-state index in [0.717, 1.165) is 44.3 Å². The standard InChI is InChI=1S/C52H39NO/c1-51(2)43-19-9-6-16-41(43)49-44(51)20-12-21-46(49)53(35-28-30-38-37-14-5-8-18-42(37)52(3,4)45(38)31-35)34-26-23-32(24-27-34)36-17-11-13-33-25-29-40-39-15-7-10-22-47(39)54-50(40)48(33)36/h5-31H,1-4H3. The third kappa shape index (κ3) is 4.23. The lowest BCUT2D eigenvalue weighted by molar-refractivity contribution is 0.660. The molecule has 2 aliphatic rings. The highest BCUT2D eigenvalue weighted by Gasteiger charge is 2.39. The number of benzene rings is 8. The molecular weight excluding hydrogens is 655 g/mol. The Balaban J connectivity index is 1.12. The zero-order valence-corrected chi connectivity index (χ0v) is 30.9. The van der Waals surface area contributed by atoms with Crippen LogP contribution in [0.1, 0.15) is 49.9 Å². The molecule has 0 bridgehead atoms. The highest BCUT2D eigenvalue weighted by molar-refractivity contribution is 6.19. The number of para-hydroxylation sites is 1. The summed E-state index contributed by atoms with van der Waals surface area (Å²) >= 11 is 0. The van der Waals surface area contributed by atoms with Gasteiger partial charge in [0.15, 0.2) is 0 Å². The van der Waals surface area contributed by atoms with Gasteiger partial charge in [0.2, 0.25) is 0 Å². The summed E-state index contributed by atoms with van der Waals surface area (Å²) in [6.45, 7) is 9.45. The quantitative estimate of drug-likeness (QED) is 0.182. The van der Waals surface area contributed by atoms with Crippen LogP contribution in [0.3, 0.4) is 0 Å². The van der Waals surface area contributed by atoms with E-state index < -0.39 is 0 Å². The highest BCUT2D eigenvalue weighted by Crippen LogP contribution is 2.56. The van der Waals surface area contributed by atoms with E-state index in [1.807, 2.05) is 6.07 Å². The summed E-state index contributed by atoms with van der Waals surface area (Å²) in [5, 5.41) is 4.62. The number of fused-ring (bicyclic) bond motifs is 11. The smallest absolute Gasteiger partial charge is 0.143 e. The van der Waals surface area contributed by atoms with Crippen LogP contribution >= 0.6 is 0 Å². The molecule has 11 rings (SSSR count). The van der Waals surface area contributed by atoms with Crippen molar-refractivity contribution in [1.82, 2.24) is 0 Å². The molecule has 0 fully saturated rings. The number of hydrogen-bond acceptors (Lipinski definition) is 2. The van der Waals surface area contributed by atoms with E-state index in [9.17, 15) is 0 Å². The first-order valence-corrected chi connectivity index (χ1v) is 19.0. The number of hydrogen-bond donors (Lipinski definition) is 0. The lowest BCUT2D eigenvalue weighted by Gasteiger charge is -2.30. The number of anilines is 3. The second kappa shape index (κ2) is 11.1. The molecule has 54 heavy (non-hydrogen) atoms. The molecule has 2 nitrogen and oxygen atoms in total. The fourth-order valence-corrected chi connectivity index (χ4v) is 9.76. The zero-order chi connectivity index (χ0) is 36.3. The van der Waals surface area contributed by atoms with Gasteiger partial charge in [0.25, 0.3) is 0 Å². The maximum absolute atomic E-state index is 6.56. The lowest BCUT2D eigenvalue weighted by Crippen LogP contribution is -2.17. The predicted octanol–water partition coefficient (Wildman–Crippen LogP) is 14.5. The molecular formula is C52H39NO. The highest BCUT2D eigenvalue weighted by atomic mass is 16.3. The maximum atomic E-state index is 6.56. The van der Waals surface area contributed by atoms with E-state index in [1.165, 1.54) is 61.1 Å². The Morgan fingerprint density at radius 3 is 1.91 bits per heavy atom. The summed E-state index contributed by atoms with van der Waals surface area (Å²) in [6, 6.07) is 60.3. The Labute approximate surface area is 315 Å². The summed E-state index contributed by atoms with van der Waals surface area (Å²) in [7, 11) is 0. The Hall–Kier alpha value is -6.38. The topological polar surface area (TPSA) is 16.4 Å². The molecule has 258 valence electrons. The zero-order valence-electron chi connectivity index (χ0n) is 30.9. The SMILES string of the molecule is CC1(C)c2ccccc2-c2ccc(N(c3ccc(-c4cccc5ccc6c7ccccc7oc6c45)cc3)c3cccc4c3-c3ccccc3C4(C)C)cc21. The molecule has 0 spiro atoms. The molecule has 2 aliphatic carbocycles. The summed E-state index contributed by atoms with van der Waals surface area (Å²) < 4.78 is 6.56. The molecule has 0 saturated carbocycles. The first-order valence-electron chi connectivity index (χ1n) is 19.0. The van der Waals surface area contributed by atoms with Crippen molar-refractivity contribution in [3.05, 3.63) is 186 Å². The van der Waals surface area contributed by atoms with E-state index in [1.54, 1.807) is 0 Å². The van der Waals surface area contributed by atoms with Gasteiger partial charge in [-0.3, -0.25) is 0 Å². The van der Waals surface area contributed by atoms with Crippen molar-refractivity contribution < 1.29 is 4.42 Å². The number of nitrogens with zero attached hydrogens (tertiary/aromatic N) is 1. The van der Waals surface area contributed by atoms with E-state index in [-0.39, 0.29) is 10.8 Å². The van der Waals surface area contributed by atoms with Crippen LogP contribution in [0.2, 0.25) is 0 Å². The van der Waals surface area contributed by atoms with Crippen molar-refractivity contribution in [3.63, 3.8) is 0 Å². The molecule has 9 aromatic rings.